The minimum atomic E-state index is -1.81. The van der Waals surface area contributed by atoms with E-state index in [-0.39, 0.29) is 40.4 Å². The third kappa shape index (κ3) is 9.20. The normalized spacial score (nSPS) is 51.0. The SMILES string of the molecule is CC(=O)OC[C@H]1O[C@@H](O[C@H]2CC[C@@]3(C)[C@H](CC[C@]4(C)[C@@H]3CC[C@@H]3[C@@H]([C@]5(O)C[C@H](C=C(C)C)OC5=O)CC[C@]34C)C2(C)C)[C@H](O[C@@H]2O[C@@H](C)[C@H](OC(C)=O)[C@@H](O)[C@H]2O)[C@@H](O[C@@H]2OC[C@@H](O)[C@H](O)[C@H]2O)[C@@H]1O. The Morgan fingerprint density at radius 1 is 0.686 bits per heavy atom. The number of cyclic esters (lactones) is 1. The van der Waals surface area contributed by atoms with E-state index in [1.165, 1.54) is 13.8 Å². The zero-order valence-corrected chi connectivity index (χ0v) is 42.4. The van der Waals surface area contributed by atoms with Gasteiger partial charge in [-0.25, -0.2) is 4.79 Å². The number of hydrogen-bond acceptors (Lipinski definition) is 19. The molecule has 0 aromatic heterocycles. The predicted octanol–water partition coefficient (Wildman–Crippen LogP) is 2.33. The molecule has 0 bridgehead atoms. The van der Waals surface area contributed by atoms with E-state index < -0.39 is 140 Å². The summed E-state index contributed by atoms with van der Waals surface area (Å²) in [6.45, 7) is 18.5. The van der Waals surface area contributed by atoms with Crippen molar-refractivity contribution in [1.29, 1.82) is 0 Å². The van der Waals surface area contributed by atoms with Crippen LogP contribution in [0.15, 0.2) is 11.6 Å². The van der Waals surface area contributed by atoms with E-state index in [0.717, 1.165) is 57.4 Å². The van der Waals surface area contributed by atoms with E-state index in [2.05, 4.69) is 34.6 Å². The van der Waals surface area contributed by atoms with Crippen LogP contribution in [0.4, 0.5) is 0 Å². The summed E-state index contributed by atoms with van der Waals surface area (Å²) in [6, 6.07) is 0. The van der Waals surface area contributed by atoms with E-state index in [9.17, 15) is 50.1 Å². The fourth-order valence-corrected chi connectivity index (χ4v) is 15.5. The van der Waals surface area contributed by atoms with Gasteiger partial charge in [0.1, 0.15) is 67.6 Å². The summed E-state index contributed by atoms with van der Waals surface area (Å²) in [6.07, 6.45) is -13.6. The smallest absolute Gasteiger partial charge is 0.339 e. The molecule has 4 saturated heterocycles. The molecule has 4 aliphatic carbocycles. The zero-order chi connectivity index (χ0) is 51.2. The quantitative estimate of drug-likeness (QED) is 0.0677. The van der Waals surface area contributed by atoms with Gasteiger partial charge in [-0.1, -0.05) is 40.2 Å². The number of aliphatic hydroxyl groups is 7. The fraction of sp³-hybridized carbons (Fsp3) is 0.902. The number of rotatable bonds is 11. The van der Waals surface area contributed by atoms with Crippen LogP contribution < -0.4 is 0 Å². The van der Waals surface area contributed by atoms with E-state index in [1.807, 2.05) is 19.9 Å². The lowest BCUT2D eigenvalue weighted by atomic mass is 9.35. The Bertz CT molecular complexity index is 1960. The molecule has 70 heavy (non-hydrogen) atoms. The molecule has 24 atom stereocenters. The van der Waals surface area contributed by atoms with Crippen molar-refractivity contribution < 1.29 is 92.8 Å². The second-order valence-electron chi connectivity index (χ2n) is 23.7. The van der Waals surface area contributed by atoms with Gasteiger partial charge in [0, 0.05) is 26.2 Å². The number of carbonyl (C=O) groups is 3. The van der Waals surface area contributed by atoms with Gasteiger partial charge in [-0.15, -0.1) is 0 Å². The van der Waals surface area contributed by atoms with Gasteiger partial charge in [0.25, 0.3) is 0 Å². The van der Waals surface area contributed by atoms with Crippen molar-refractivity contribution in [2.75, 3.05) is 13.2 Å². The van der Waals surface area contributed by atoms with Crippen LogP contribution >= 0.6 is 0 Å². The Labute approximate surface area is 410 Å². The largest absolute Gasteiger partial charge is 0.463 e. The third-order valence-electron chi connectivity index (χ3n) is 19.1. The first-order valence-electron chi connectivity index (χ1n) is 25.5. The van der Waals surface area contributed by atoms with Crippen LogP contribution in [0.5, 0.6) is 0 Å². The lowest BCUT2D eigenvalue weighted by molar-refractivity contribution is -0.395. The van der Waals surface area contributed by atoms with Crippen LogP contribution in [0, 0.1) is 45.3 Å². The van der Waals surface area contributed by atoms with Gasteiger partial charge in [-0.2, -0.15) is 0 Å². The topological polar surface area (TPSA) is 276 Å². The molecule has 0 amide bonds. The zero-order valence-electron chi connectivity index (χ0n) is 42.4. The summed E-state index contributed by atoms with van der Waals surface area (Å²) in [5.74, 6) is -1.47. The highest BCUT2D eigenvalue weighted by Gasteiger charge is 2.71. The molecule has 19 nitrogen and oxygen atoms in total. The first-order valence-corrected chi connectivity index (χ1v) is 25.5. The third-order valence-corrected chi connectivity index (χ3v) is 19.1. The number of esters is 3. The lowest BCUT2D eigenvalue weighted by Crippen LogP contribution is -2.68. The molecule has 19 heteroatoms. The minimum Gasteiger partial charge on any atom is -0.463 e. The molecule has 398 valence electrons. The van der Waals surface area contributed by atoms with Crippen LogP contribution in [-0.2, 0) is 57.0 Å². The Morgan fingerprint density at radius 2 is 1.36 bits per heavy atom. The number of allylic oxidation sites excluding steroid dienone is 1. The maximum atomic E-state index is 13.5. The molecule has 4 saturated carbocycles. The molecule has 0 spiro atoms. The van der Waals surface area contributed by atoms with Crippen molar-refractivity contribution >= 4 is 17.9 Å². The van der Waals surface area contributed by atoms with Gasteiger partial charge >= 0.3 is 17.9 Å². The molecule has 8 aliphatic rings. The van der Waals surface area contributed by atoms with Gasteiger partial charge < -0.3 is 78.4 Å². The number of ether oxygens (including phenoxy) is 9. The van der Waals surface area contributed by atoms with E-state index in [4.69, 9.17) is 42.6 Å². The molecule has 0 unspecified atom stereocenters. The van der Waals surface area contributed by atoms with Crippen molar-refractivity contribution in [1.82, 2.24) is 0 Å². The van der Waals surface area contributed by atoms with Gasteiger partial charge in [-0.3, -0.25) is 9.59 Å². The maximum Gasteiger partial charge on any atom is 0.339 e. The minimum absolute atomic E-state index is 0.0969. The maximum absolute atomic E-state index is 13.5. The summed E-state index contributed by atoms with van der Waals surface area (Å²) in [5, 5.41) is 78.7. The first-order chi connectivity index (χ1) is 32.7. The summed E-state index contributed by atoms with van der Waals surface area (Å²) in [7, 11) is 0. The Morgan fingerprint density at radius 3 is 2.03 bits per heavy atom. The Balaban J connectivity index is 1.07. The average Bonchev–Trinajstić information content (AvgIpc) is 3.78. The average molecular weight is 997 g/mol. The number of fused-ring (bicyclic) bond motifs is 5. The highest BCUT2D eigenvalue weighted by atomic mass is 16.8. The van der Waals surface area contributed by atoms with E-state index >= 15 is 0 Å². The van der Waals surface area contributed by atoms with Crippen LogP contribution in [0.1, 0.15) is 127 Å². The number of aliphatic hydroxyl groups excluding tert-OH is 6. The van der Waals surface area contributed by atoms with Gasteiger partial charge in [0.15, 0.2) is 30.6 Å². The second-order valence-corrected chi connectivity index (χ2v) is 23.7. The van der Waals surface area contributed by atoms with Crippen LogP contribution in [0.25, 0.3) is 0 Å². The monoisotopic (exact) mass is 997 g/mol. The highest BCUT2D eigenvalue weighted by molar-refractivity contribution is 5.82. The fourth-order valence-electron chi connectivity index (χ4n) is 15.5. The van der Waals surface area contributed by atoms with Crippen molar-refractivity contribution in [3.05, 3.63) is 11.6 Å². The lowest BCUT2D eigenvalue weighted by Gasteiger charge is -2.70. The molecule has 4 heterocycles. The molecule has 8 rings (SSSR count). The standard InChI is InChI=1S/C51H80O19/c1-23(2)19-27-20-51(61,46(60)66-27)29-13-17-49(9)28(29)11-12-33-48(8)16-15-34(47(6,7)32(48)14-18-50(33,49)10)68-45-42(70-44-39(59)37(57)40(24(3)64-44)65-26(5)53)41(36(56)31(67-45)22-62-25(4)52)69-43-38(58)35(55)30(54)21-63-43/h19,24,27-45,54-59,61H,11-18,20-22H2,1-10H3/t24-,27-,28+,29-,30+,31+,32+,33+,34-,35-,36+,37-,38+,39+,40-,41-,42+,43-,44-,45-,48-,49+,50+,51+/m0/s1. The first kappa shape index (κ1) is 53.9. The van der Waals surface area contributed by atoms with Crippen molar-refractivity contribution in [3.8, 4) is 0 Å². The van der Waals surface area contributed by atoms with Crippen LogP contribution in [0.2, 0.25) is 0 Å². The summed E-state index contributed by atoms with van der Waals surface area (Å²) < 4.78 is 54.3. The molecular weight excluding hydrogens is 917 g/mol. The van der Waals surface area contributed by atoms with Crippen molar-refractivity contribution in [2.24, 2.45) is 45.3 Å². The second kappa shape index (κ2) is 19.7. The molecule has 0 aromatic rings. The number of hydrogen-bond donors (Lipinski definition) is 7. The molecule has 7 N–H and O–H groups in total. The van der Waals surface area contributed by atoms with Gasteiger partial charge in [0.05, 0.1) is 18.8 Å². The van der Waals surface area contributed by atoms with Gasteiger partial charge in [-0.05, 0) is 118 Å². The summed E-state index contributed by atoms with van der Waals surface area (Å²) in [5.41, 5.74) is -1.39. The Kier molecular flexibility index (Phi) is 15.2. The summed E-state index contributed by atoms with van der Waals surface area (Å²) in [4.78, 5) is 37.6. The van der Waals surface area contributed by atoms with Crippen LogP contribution in [0.3, 0.4) is 0 Å². The van der Waals surface area contributed by atoms with Gasteiger partial charge in [0.2, 0.25) is 0 Å². The number of carbonyl (C=O) groups excluding carboxylic acids is 3. The molecule has 0 aromatic carbocycles. The Hall–Kier alpha value is -2.37. The molecular formula is C51H80O19. The van der Waals surface area contributed by atoms with E-state index in [1.54, 1.807) is 0 Å². The predicted molar refractivity (Wildman–Crippen MR) is 243 cm³/mol. The summed E-state index contributed by atoms with van der Waals surface area (Å²) >= 11 is 0. The van der Waals surface area contributed by atoms with E-state index in [0.29, 0.717) is 12.3 Å². The molecule has 8 fully saturated rings. The highest BCUT2D eigenvalue weighted by Crippen LogP contribution is 2.76. The van der Waals surface area contributed by atoms with Crippen molar-refractivity contribution in [3.63, 3.8) is 0 Å². The molecule has 4 aliphatic heterocycles. The van der Waals surface area contributed by atoms with Crippen molar-refractivity contribution in [2.45, 2.75) is 231 Å². The molecule has 0 radical (unpaired) electrons. The van der Waals surface area contributed by atoms with Crippen LogP contribution in [-0.4, -0.2) is 171 Å².